The Bertz CT molecular complexity index is 314. The first-order valence-electron chi connectivity index (χ1n) is 5.68. The summed E-state index contributed by atoms with van der Waals surface area (Å²) in [7, 11) is 1.89. The molecule has 1 fully saturated rings. The van der Waals surface area contributed by atoms with Gasteiger partial charge in [0.05, 0.1) is 0 Å². The number of hydrogen-bond acceptors (Lipinski definition) is 4. The number of rotatable bonds is 4. The van der Waals surface area contributed by atoms with Crippen LogP contribution in [0.25, 0.3) is 0 Å². The molecule has 1 aliphatic carbocycles. The molecular formula is C10H19N5. The molecule has 84 valence electrons. The predicted octanol–water partition coefficient (Wildman–Crippen LogP) is 0.936. The Morgan fingerprint density at radius 3 is 2.73 bits per heavy atom. The van der Waals surface area contributed by atoms with E-state index in [0.717, 1.165) is 18.2 Å². The molecule has 15 heavy (non-hydrogen) atoms. The van der Waals surface area contributed by atoms with E-state index in [9.17, 15) is 0 Å². The van der Waals surface area contributed by atoms with E-state index in [0.29, 0.717) is 12.6 Å². The van der Waals surface area contributed by atoms with E-state index in [1.165, 1.54) is 25.7 Å². The molecule has 0 aromatic carbocycles. The Morgan fingerprint density at radius 2 is 2.13 bits per heavy atom. The summed E-state index contributed by atoms with van der Waals surface area (Å²) >= 11 is 0. The molecule has 1 aromatic rings. The van der Waals surface area contributed by atoms with Gasteiger partial charge in [-0.15, -0.1) is 10.2 Å². The summed E-state index contributed by atoms with van der Waals surface area (Å²) in [6.07, 6.45) is 5.92. The van der Waals surface area contributed by atoms with Gasteiger partial charge in [0.1, 0.15) is 5.82 Å². The van der Waals surface area contributed by atoms with E-state index in [4.69, 9.17) is 5.73 Å². The molecule has 0 aliphatic heterocycles. The van der Waals surface area contributed by atoms with Crippen LogP contribution in [0.15, 0.2) is 0 Å². The molecule has 0 amide bonds. The van der Waals surface area contributed by atoms with Gasteiger partial charge in [-0.3, -0.25) is 4.57 Å². The lowest BCUT2D eigenvalue weighted by Gasteiger charge is -2.16. The zero-order valence-corrected chi connectivity index (χ0v) is 9.24. The minimum absolute atomic E-state index is 0.573. The Morgan fingerprint density at radius 1 is 1.40 bits per heavy atom. The van der Waals surface area contributed by atoms with Crippen LogP contribution >= 0.6 is 0 Å². The van der Waals surface area contributed by atoms with Crippen molar-refractivity contribution in [2.24, 2.45) is 5.73 Å². The van der Waals surface area contributed by atoms with E-state index >= 15 is 0 Å². The third-order valence-electron chi connectivity index (χ3n) is 3.05. The van der Waals surface area contributed by atoms with Gasteiger partial charge in [-0.2, -0.15) is 0 Å². The summed E-state index contributed by atoms with van der Waals surface area (Å²) < 4.78 is 2.24. The molecule has 3 N–H and O–H groups in total. The zero-order chi connectivity index (χ0) is 10.7. The number of aromatic nitrogens is 3. The van der Waals surface area contributed by atoms with E-state index in [-0.39, 0.29) is 0 Å². The van der Waals surface area contributed by atoms with E-state index in [2.05, 4.69) is 20.1 Å². The van der Waals surface area contributed by atoms with Gasteiger partial charge in [-0.25, -0.2) is 0 Å². The van der Waals surface area contributed by atoms with Crippen LogP contribution in [0.5, 0.6) is 0 Å². The van der Waals surface area contributed by atoms with Crippen LogP contribution in [0.1, 0.15) is 37.5 Å². The molecule has 5 nitrogen and oxygen atoms in total. The molecule has 0 atom stereocenters. The lowest BCUT2D eigenvalue weighted by molar-refractivity contribution is 0.502. The maximum Gasteiger partial charge on any atom is 0.224 e. The normalized spacial score (nSPS) is 17.2. The second-order valence-corrected chi connectivity index (χ2v) is 4.04. The monoisotopic (exact) mass is 209 g/mol. The van der Waals surface area contributed by atoms with Crippen LogP contribution in [-0.4, -0.2) is 28.4 Å². The number of nitrogens with two attached hydrogens (primary N) is 1. The van der Waals surface area contributed by atoms with Crippen LogP contribution in [-0.2, 0) is 6.42 Å². The molecule has 0 unspecified atom stereocenters. The van der Waals surface area contributed by atoms with Crippen LogP contribution in [0.4, 0.5) is 5.95 Å². The highest BCUT2D eigenvalue weighted by molar-refractivity contribution is 5.26. The Labute approximate surface area is 90.1 Å². The quantitative estimate of drug-likeness (QED) is 0.774. The smallest absolute Gasteiger partial charge is 0.224 e. The highest BCUT2D eigenvalue weighted by Gasteiger charge is 2.22. The number of hydrogen-bond donors (Lipinski definition) is 2. The molecule has 1 aromatic heterocycles. The molecule has 1 saturated carbocycles. The molecule has 1 heterocycles. The van der Waals surface area contributed by atoms with Crippen LogP contribution in [0.3, 0.4) is 0 Å². The molecule has 0 spiro atoms. The Hall–Kier alpha value is -1.10. The fraction of sp³-hybridized carbons (Fsp3) is 0.800. The maximum atomic E-state index is 5.58. The minimum Gasteiger partial charge on any atom is -0.357 e. The number of nitrogens with zero attached hydrogens (tertiary/aromatic N) is 3. The zero-order valence-electron chi connectivity index (χ0n) is 9.24. The average molecular weight is 209 g/mol. The Kier molecular flexibility index (Phi) is 3.20. The molecular weight excluding hydrogens is 190 g/mol. The summed E-state index contributed by atoms with van der Waals surface area (Å²) in [5.41, 5.74) is 5.58. The molecule has 1 aliphatic rings. The molecule has 5 heteroatoms. The summed E-state index contributed by atoms with van der Waals surface area (Å²) in [6, 6.07) is 0.573. The Balaban J connectivity index is 2.27. The number of anilines is 1. The lowest BCUT2D eigenvalue weighted by atomic mass is 10.2. The largest absolute Gasteiger partial charge is 0.357 e. The first-order chi connectivity index (χ1) is 7.36. The maximum absolute atomic E-state index is 5.58. The average Bonchev–Trinajstić information content (AvgIpc) is 2.85. The van der Waals surface area contributed by atoms with Gasteiger partial charge in [-0.05, 0) is 19.4 Å². The highest BCUT2D eigenvalue weighted by Crippen LogP contribution is 2.32. The van der Waals surface area contributed by atoms with Crippen molar-refractivity contribution in [1.29, 1.82) is 0 Å². The van der Waals surface area contributed by atoms with Gasteiger partial charge in [-0.1, -0.05) is 12.8 Å². The van der Waals surface area contributed by atoms with Crippen molar-refractivity contribution in [2.75, 3.05) is 18.9 Å². The summed E-state index contributed by atoms with van der Waals surface area (Å²) in [5, 5.41) is 11.4. The first kappa shape index (κ1) is 10.4. The van der Waals surface area contributed by atoms with Gasteiger partial charge in [0.25, 0.3) is 0 Å². The third-order valence-corrected chi connectivity index (χ3v) is 3.05. The second kappa shape index (κ2) is 4.61. The second-order valence-electron chi connectivity index (χ2n) is 4.04. The van der Waals surface area contributed by atoms with Crippen molar-refractivity contribution >= 4 is 5.95 Å². The molecule has 0 radical (unpaired) electrons. The van der Waals surface area contributed by atoms with Crippen molar-refractivity contribution in [3.63, 3.8) is 0 Å². The van der Waals surface area contributed by atoms with Gasteiger partial charge in [0, 0.05) is 19.5 Å². The molecule has 0 saturated heterocycles. The molecule has 0 bridgehead atoms. The molecule has 2 rings (SSSR count). The van der Waals surface area contributed by atoms with Crippen LogP contribution in [0, 0.1) is 0 Å². The van der Waals surface area contributed by atoms with Crippen molar-refractivity contribution in [3.05, 3.63) is 5.82 Å². The van der Waals surface area contributed by atoms with Crippen molar-refractivity contribution < 1.29 is 0 Å². The SMILES string of the molecule is CNc1nnc(CCN)n1C1CCCC1. The highest BCUT2D eigenvalue weighted by atomic mass is 15.4. The predicted molar refractivity (Wildman–Crippen MR) is 59.8 cm³/mol. The summed E-state index contributed by atoms with van der Waals surface area (Å²) in [6.45, 7) is 0.633. The van der Waals surface area contributed by atoms with Gasteiger partial charge in [0.15, 0.2) is 0 Å². The fourth-order valence-corrected chi connectivity index (χ4v) is 2.34. The van der Waals surface area contributed by atoms with Crippen molar-refractivity contribution in [2.45, 2.75) is 38.1 Å². The van der Waals surface area contributed by atoms with Crippen LogP contribution in [0.2, 0.25) is 0 Å². The lowest BCUT2D eigenvalue weighted by Crippen LogP contribution is -2.15. The standard InChI is InChI=1S/C10H19N5/c1-12-10-14-13-9(6-7-11)15(10)8-4-2-3-5-8/h8H,2-7,11H2,1H3,(H,12,14). The fourth-order valence-electron chi connectivity index (χ4n) is 2.34. The van der Waals surface area contributed by atoms with Crippen LogP contribution < -0.4 is 11.1 Å². The van der Waals surface area contributed by atoms with E-state index in [1.54, 1.807) is 0 Å². The van der Waals surface area contributed by atoms with Gasteiger partial charge < -0.3 is 11.1 Å². The van der Waals surface area contributed by atoms with Crippen molar-refractivity contribution in [3.8, 4) is 0 Å². The minimum atomic E-state index is 0.573. The first-order valence-corrected chi connectivity index (χ1v) is 5.68. The summed E-state index contributed by atoms with van der Waals surface area (Å²) in [5.74, 6) is 1.90. The topological polar surface area (TPSA) is 68.8 Å². The number of nitrogens with one attached hydrogen (secondary N) is 1. The van der Waals surface area contributed by atoms with Gasteiger partial charge >= 0.3 is 0 Å². The van der Waals surface area contributed by atoms with E-state index < -0.39 is 0 Å². The third kappa shape index (κ3) is 1.97. The van der Waals surface area contributed by atoms with E-state index in [1.807, 2.05) is 7.05 Å². The van der Waals surface area contributed by atoms with Crippen molar-refractivity contribution in [1.82, 2.24) is 14.8 Å². The summed E-state index contributed by atoms with van der Waals surface area (Å²) in [4.78, 5) is 0. The van der Waals surface area contributed by atoms with Gasteiger partial charge in [0.2, 0.25) is 5.95 Å².